The van der Waals surface area contributed by atoms with Gasteiger partial charge in [-0.25, -0.2) is 0 Å². The number of thioether (sulfide) groups is 1. The zero-order valence-corrected chi connectivity index (χ0v) is 12.4. The van der Waals surface area contributed by atoms with E-state index >= 15 is 0 Å². The molecule has 1 atom stereocenters. The Morgan fingerprint density at radius 3 is 2.53 bits per heavy atom. The Kier molecular flexibility index (Phi) is 4.94. The maximum Gasteiger partial charge on any atom is 0.319 e. The van der Waals surface area contributed by atoms with Crippen molar-refractivity contribution >= 4 is 29.1 Å². The summed E-state index contributed by atoms with van der Waals surface area (Å²) in [5.74, 6) is -0.197. The van der Waals surface area contributed by atoms with Crippen LogP contribution >= 0.6 is 23.1 Å². The predicted molar refractivity (Wildman–Crippen MR) is 70.4 cm³/mol. The van der Waals surface area contributed by atoms with E-state index in [1.165, 1.54) is 30.2 Å². The normalized spacial score (nSPS) is 13.5. The van der Waals surface area contributed by atoms with E-state index in [4.69, 9.17) is 4.74 Å². The largest absolute Gasteiger partial charge is 0.468 e. The minimum absolute atomic E-state index is 0.0750. The van der Waals surface area contributed by atoms with Crippen molar-refractivity contribution in [2.45, 2.75) is 43.7 Å². The van der Waals surface area contributed by atoms with Gasteiger partial charge in [0.15, 0.2) is 4.34 Å². The molecule has 1 rings (SSSR count). The summed E-state index contributed by atoms with van der Waals surface area (Å²) in [4.78, 5) is 11.7. The van der Waals surface area contributed by atoms with Gasteiger partial charge in [-0.2, -0.15) is 0 Å². The van der Waals surface area contributed by atoms with Crippen LogP contribution in [0, 0.1) is 12.3 Å². The van der Waals surface area contributed by atoms with Gasteiger partial charge in [-0.05, 0) is 18.8 Å². The number of nitrogens with zero attached hydrogens (tertiary/aromatic N) is 2. The number of carbonyl (C=O) groups is 1. The van der Waals surface area contributed by atoms with Crippen LogP contribution in [0.1, 0.15) is 32.2 Å². The van der Waals surface area contributed by atoms with Gasteiger partial charge in [-0.1, -0.05) is 43.9 Å². The molecule has 0 radical (unpaired) electrons. The summed E-state index contributed by atoms with van der Waals surface area (Å²) in [7, 11) is 1.42. The van der Waals surface area contributed by atoms with Crippen LogP contribution in [-0.2, 0) is 9.53 Å². The summed E-state index contributed by atoms with van der Waals surface area (Å²) in [5.41, 5.74) is 0.0750. The first-order valence-corrected chi connectivity index (χ1v) is 7.06. The van der Waals surface area contributed by atoms with Crippen molar-refractivity contribution in [2.75, 3.05) is 7.11 Å². The lowest BCUT2D eigenvalue weighted by atomic mass is 9.90. The molecule has 0 saturated carbocycles. The van der Waals surface area contributed by atoms with Crippen molar-refractivity contribution in [2.24, 2.45) is 5.41 Å². The number of hydrogen-bond acceptors (Lipinski definition) is 6. The highest BCUT2D eigenvalue weighted by molar-refractivity contribution is 8.02. The van der Waals surface area contributed by atoms with E-state index in [2.05, 4.69) is 31.0 Å². The third kappa shape index (κ3) is 5.04. The molecular weight excluding hydrogens is 256 g/mol. The van der Waals surface area contributed by atoms with E-state index in [0.717, 1.165) is 15.8 Å². The van der Waals surface area contributed by atoms with Crippen molar-refractivity contribution < 1.29 is 9.53 Å². The molecule has 0 aliphatic heterocycles. The fourth-order valence-electron chi connectivity index (χ4n) is 1.31. The molecule has 0 bridgehead atoms. The number of ether oxygens (including phenoxy) is 1. The Morgan fingerprint density at radius 2 is 2.12 bits per heavy atom. The Labute approximate surface area is 110 Å². The van der Waals surface area contributed by atoms with Gasteiger partial charge in [0.05, 0.1) is 7.11 Å². The average Bonchev–Trinajstić information content (AvgIpc) is 2.60. The van der Waals surface area contributed by atoms with Crippen LogP contribution in [0.25, 0.3) is 0 Å². The molecule has 1 aromatic heterocycles. The van der Waals surface area contributed by atoms with Crippen LogP contribution in [0.5, 0.6) is 0 Å². The van der Waals surface area contributed by atoms with E-state index in [1.807, 2.05) is 6.92 Å². The van der Waals surface area contributed by atoms with Crippen LogP contribution in [0.3, 0.4) is 0 Å². The first kappa shape index (κ1) is 14.4. The topological polar surface area (TPSA) is 52.1 Å². The molecule has 1 unspecified atom stereocenters. The quantitative estimate of drug-likeness (QED) is 0.624. The highest BCUT2D eigenvalue weighted by Crippen LogP contribution is 2.34. The minimum Gasteiger partial charge on any atom is -0.468 e. The average molecular weight is 274 g/mol. The number of hydrogen-bond donors (Lipinski definition) is 0. The van der Waals surface area contributed by atoms with E-state index in [9.17, 15) is 4.79 Å². The molecule has 1 aromatic rings. The molecule has 0 fully saturated rings. The van der Waals surface area contributed by atoms with E-state index in [-0.39, 0.29) is 16.6 Å². The summed E-state index contributed by atoms with van der Waals surface area (Å²) in [6.07, 6.45) is 0.753. The fraction of sp³-hybridized carbons (Fsp3) is 0.727. The lowest BCUT2D eigenvalue weighted by molar-refractivity contribution is -0.140. The monoisotopic (exact) mass is 274 g/mol. The Balaban J connectivity index is 2.73. The lowest BCUT2D eigenvalue weighted by Gasteiger charge is -2.22. The van der Waals surface area contributed by atoms with E-state index < -0.39 is 0 Å². The number of rotatable bonds is 4. The van der Waals surface area contributed by atoms with Crippen LogP contribution in [-0.4, -0.2) is 28.5 Å². The van der Waals surface area contributed by atoms with Crippen LogP contribution in [0.2, 0.25) is 0 Å². The van der Waals surface area contributed by atoms with Crippen LogP contribution in [0.15, 0.2) is 4.34 Å². The summed E-state index contributed by atoms with van der Waals surface area (Å²) in [6, 6.07) is 0. The second-order valence-electron chi connectivity index (χ2n) is 4.98. The molecule has 1 heterocycles. The second-order valence-corrected chi connectivity index (χ2v) is 7.61. The standard InChI is InChI=1S/C11H18N2O2S2/c1-7-12-13-10(16-7)17-8(9(14)15-5)6-11(2,3)4/h8H,6H2,1-5H3. The fourth-order valence-corrected chi connectivity index (χ4v) is 3.73. The van der Waals surface area contributed by atoms with Crippen molar-refractivity contribution in [1.29, 1.82) is 0 Å². The molecule has 6 heteroatoms. The zero-order chi connectivity index (χ0) is 13.1. The molecular formula is C11H18N2O2S2. The predicted octanol–water partition coefficient (Wildman–Crippen LogP) is 2.92. The van der Waals surface area contributed by atoms with Crippen molar-refractivity contribution in [1.82, 2.24) is 10.2 Å². The summed E-state index contributed by atoms with van der Waals surface area (Å²) < 4.78 is 5.66. The third-order valence-electron chi connectivity index (χ3n) is 2.01. The number of methoxy groups -OCH3 is 1. The van der Waals surface area contributed by atoms with E-state index in [1.54, 1.807) is 0 Å². The maximum atomic E-state index is 11.7. The van der Waals surface area contributed by atoms with Gasteiger partial charge in [0.1, 0.15) is 10.3 Å². The van der Waals surface area contributed by atoms with Gasteiger partial charge in [0.25, 0.3) is 0 Å². The number of carbonyl (C=O) groups excluding carboxylic acids is 1. The Bertz CT molecular complexity index is 385. The summed E-state index contributed by atoms with van der Waals surface area (Å²) in [6.45, 7) is 8.22. The van der Waals surface area contributed by atoms with Gasteiger partial charge in [-0.3, -0.25) is 4.79 Å². The lowest BCUT2D eigenvalue weighted by Crippen LogP contribution is -2.24. The van der Waals surface area contributed by atoms with Gasteiger partial charge in [-0.15, -0.1) is 10.2 Å². The zero-order valence-electron chi connectivity index (χ0n) is 10.8. The minimum atomic E-state index is -0.215. The highest BCUT2D eigenvalue weighted by Gasteiger charge is 2.27. The molecule has 0 N–H and O–H groups in total. The molecule has 4 nitrogen and oxygen atoms in total. The van der Waals surface area contributed by atoms with E-state index in [0.29, 0.717) is 0 Å². The molecule has 0 amide bonds. The number of aryl methyl sites for hydroxylation is 1. The van der Waals surface area contributed by atoms with Crippen LogP contribution in [0.4, 0.5) is 0 Å². The summed E-state index contributed by atoms with van der Waals surface area (Å²) in [5, 5.41) is 8.67. The van der Waals surface area contributed by atoms with Crippen molar-refractivity contribution in [3.8, 4) is 0 Å². The first-order chi connectivity index (χ1) is 7.81. The Hall–Kier alpha value is -0.620. The number of esters is 1. The van der Waals surface area contributed by atoms with Gasteiger partial charge >= 0.3 is 5.97 Å². The molecule has 0 aromatic carbocycles. The van der Waals surface area contributed by atoms with Crippen LogP contribution < -0.4 is 0 Å². The Morgan fingerprint density at radius 1 is 1.47 bits per heavy atom. The molecule has 17 heavy (non-hydrogen) atoms. The van der Waals surface area contributed by atoms with Crippen molar-refractivity contribution in [3.05, 3.63) is 5.01 Å². The summed E-state index contributed by atoms with van der Waals surface area (Å²) >= 11 is 2.94. The smallest absolute Gasteiger partial charge is 0.319 e. The maximum absolute atomic E-state index is 11.7. The molecule has 0 saturated heterocycles. The molecule has 0 aliphatic rings. The van der Waals surface area contributed by atoms with Crippen molar-refractivity contribution in [3.63, 3.8) is 0 Å². The SMILES string of the molecule is COC(=O)C(CC(C)(C)C)Sc1nnc(C)s1. The molecule has 0 aliphatic carbocycles. The molecule has 0 spiro atoms. The first-order valence-electron chi connectivity index (χ1n) is 5.36. The van der Waals surface area contributed by atoms with Gasteiger partial charge in [0, 0.05) is 0 Å². The third-order valence-corrected chi connectivity index (χ3v) is 4.11. The van der Waals surface area contributed by atoms with Gasteiger partial charge < -0.3 is 4.74 Å². The number of aromatic nitrogens is 2. The van der Waals surface area contributed by atoms with Gasteiger partial charge in [0.2, 0.25) is 0 Å². The highest BCUT2D eigenvalue weighted by atomic mass is 32.2. The molecule has 96 valence electrons. The second kappa shape index (κ2) is 5.82.